The van der Waals surface area contributed by atoms with E-state index in [-0.39, 0.29) is 29.1 Å². The second kappa shape index (κ2) is 10.2. The van der Waals surface area contributed by atoms with Crippen LogP contribution in [0.15, 0.2) is 63.0 Å². The highest BCUT2D eigenvalue weighted by Crippen LogP contribution is 2.81. The second-order valence-electron chi connectivity index (χ2n) is 15.0. The van der Waals surface area contributed by atoms with Gasteiger partial charge in [-0.3, -0.25) is 19.7 Å². The number of ketones is 1. The van der Waals surface area contributed by atoms with Crippen molar-refractivity contribution in [1.82, 2.24) is 0 Å². The van der Waals surface area contributed by atoms with Crippen LogP contribution >= 0.6 is 15.9 Å². The Morgan fingerprint density at radius 2 is 1.87 bits per heavy atom. The molecule has 3 saturated carbocycles. The van der Waals surface area contributed by atoms with Crippen LogP contribution in [-0.4, -0.2) is 46.2 Å². The first-order chi connectivity index (χ1) is 22.0. The van der Waals surface area contributed by atoms with Crippen molar-refractivity contribution in [3.63, 3.8) is 0 Å². The van der Waals surface area contributed by atoms with Crippen LogP contribution < -0.4 is 0 Å². The molecule has 1 aliphatic heterocycles. The van der Waals surface area contributed by atoms with Crippen molar-refractivity contribution >= 4 is 45.1 Å². The average Bonchev–Trinajstić information content (AvgIpc) is 3.44. The van der Waals surface area contributed by atoms with Crippen molar-refractivity contribution < 1.29 is 38.0 Å². The quantitative estimate of drug-likeness (QED) is 0.106. The molecule has 1 aromatic heterocycles. The summed E-state index contributed by atoms with van der Waals surface area (Å²) in [6.07, 6.45) is 7.81. The lowest BCUT2D eigenvalue weighted by molar-refractivity contribution is -0.385. The van der Waals surface area contributed by atoms with E-state index < -0.39 is 62.0 Å². The van der Waals surface area contributed by atoms with E-state index in [1.54, 1.807) is 18.6 Å². The SMILES string of the molecule is CC(=O)O[C@@H]1C[C@H]2C(C)(C)C(=O)C=C[C@]2(C)[C@H]2CC[C@@]3(C)[C@H](c4ccoc4)/C(=N\OC(=O)c4cc(Br)ccc4[N+](=O)[O-])[C@H]4O[C@]43[C@@]21C. The predicted molar refractivity (Wildman–Crippen MR) is 171 cm³/mol. The molecule has 0 unspecified atom stereocenters. The number of hydrogen-bond acceptors (Lipinski definition) is 10. The summed E-state index contributed by atoms with van der Waals surface area (Å²) in [5.74, 6) is -1.80. The van der Waals surface area contributed by atoms with Crippen LogP contribution in [-0.2, 0) is 23.9 Å². The maximum Gasteiger partial charge on any atom is 0.372 e. The van der Waals surface area contributed by atoms with Crippen LogP contribution in [0.3, 0.4) is 0 Å². The van der Waals surface area contributed by atoms with Crippen LogP contribution in [0.4, 0.5) is 5.69 Å². The average molecular weight is 710 g/mol. The summed E-state index contributed by atoms with van der Waals surface area (Å²) in [4.78, 5) is 55.8. The predicted octanol–water partition coefficient (Wildman–Crippen LogP) is 6.94. The number of hydrogen-bond donors (Lipinski definition) is 0. The fraction of sp³-hybridized carbons (Fsp3) is 0.543. The Morgan fingerprint density at radius 3 is 2.53 bits per heavy atom. The molecule has 1 spiro atoms. The highest BCUT2D eigenvalue weighted by atomic mass is 79.9. The molecule has 4 aliphatic carbocycles. The number of halogens is 1. The van der Waals surface area contributed by atoms with Gasteiger partial charge in [-0.25, -0.2) is 4.79 Å². The minimum absolute atomic E-state index is 0.0315. The molecule has 11 nitrogen and oxygen atoms in total. The van der Waals surface area contributed by atoms with E-state index in [0.29, 0.717) is 23.0 Å². The minimum atomic E-state index is -0.972. The van der Waals surface area contributed by atoms with E-state index in [9.17, 15) is 24.5 Å². The summed E-state index contributed by atoms with van der Waals surface area (Å²) in [7, 11) is 0. The maximum atomic E-state index is 13.3. The Balaban J connectivity index is 1.36. The van der Waals surface area contributed by atoms with Gasteiger partial charge in [-0.15, -0.1) is 0 Å². The van der Waals surface area contributed by atoms with Gasteiger partial charge in [-0.05, 0) is 66.4 Å². The van der Waals surface area contributed by atoms with E-state index in [0.717, 1.165) is 12.0 Å². The molecule has 4 fully saturated rings. The molecule has 0 N–H and O–H groups in total. The number of epoxide rings is 1. The minimum Gasteiger partial charge on any atom is -0.472 e. The van der Waals surface area contributed by atoms with Crippen LogP contribution in [0.1, 0.15) is 82.6 Å². The van der Waals surface area contributed by atoms with Crippen molar-refractivity contribution in [1.29, 1.82) is 0 Å². The van der Waals surface area contributed by atoms with E-state index in [1.165, 1.54) is 25.1 Å². The zero-order chi connectivity index (χ0) is 33.9. The van der Waals surface area contributed by atoms with Gasteiger partial charge in [-0.2, -0.15) is 0 Å². The number of fused-ring (bicyclic) bond motifs is 3. The zero-order valence-corrected chi connectivity index (χ0v) is 28.7. The third kappa shape index (κ3) is 4.06. The number of carbonyl (C=O) groups is 3. The summed E-state index contributed by atoms with van der Waals surface area (Å²) in [5.41, 5.74) is -2.57. The summed E-state index contributed by atoms with van der Waals surface area (Å²) >= 11 is 3.27. The number of ether oxygens (including phenoxy) is 2. The molecule has 9 atom stereocenters. The Bertz CT molecular complexity index is 1780. The molecule has 2 aromatic rings. The molecular formula is C35H37BrN2O9. The molecule has 12 heteroatoms. The van der Waals surface area contributed by atoms with Gasteiger partial charge in [0.2, 0.25) is 0 Å². The number of benzene rings is 1. The van der Waals surface area contributed by atoms with Crippen LogP contribution in [0, 0.1) is 43.6 Å². The first-order valence-corrected chi connectivity index (χ1v) is 16.7. The lowest BCUT2D eigenvalue weighted by Crippen LogP contribution is -2.70. The number of nitrogens with zero attached hydrogens (tertiary/aromatic N) is 2. The molecule has 0 radical (unpaired) electrons. The third-order valence-electron chi connectivity index (χ3n) is 12.7. The fourth-order valence-corrected chi connectivity index (χ4v) is 11.0. The van der Waals surface area contributed by atoms with Gasteiger partial charge in [0.15, 0.2) is 5.78 Å². The van der Waals surface area contributed by atoms with E-state index in [2.05, 4.69) is 47.9 Å². The van der Waals surface area contributed by atoms with E-state index >= 15 is 0 Å². The third-order valence-corrected chi connectivity index (χ3v) is 13.1. The first kappa shape index (κ1) is 31.9. The van der Waals surface area contributed by atoms with Gasteiger partial charge in [0, 0.05) is 39.6 Å². The molecule has 7 rings (SSSR count). The van der Waals surface area contributed by atoms with Crippen LogP contribution in [0.5, 0.6) is 0 Å². The second-order valence-corrected chi connectivity index (χ2v) is 15.9. The smallest absolute Gasteiger partial charge is 0.372 e. The normalized spacial score (nSPS) is 40.1. The zero-order valence-electron chi connectivity index (χ0n) is 27.1. The molecule has 2 heterocycles. The van der Waals surface area contributed by atoms with Gasteiger partial charge in [0.05, 0.1) is 23.2 Å². The monoisotopic (exact) mass is 708 g/mol. The standard InChI is InChI=1S/C35H37BrN2O9/c1-18(39)45-26-16-24-31(2,3)25(40)10-12-32(24,4)23-9-13-33(5)27(19-11-14-44-17-19)28(29-35(33,46-29)34(23,26)6)37-47-30(41)21-15-20(36)7-8-22(21)38(42)43/h7-8,10-12,14-15,17,23-24,26-27,29H,9,13,16H2,1-6H3/b37-28+/t23-,24+,26-,27-,29-,32-,33+,34+,35-/m1/s1. The van der Waals surface area contributed by atoms with Crippen LogP contribution in [0.2, 0.25) is 0 Å². The van der Waals surface area contributed by atoms with Gasteiger partial charge >= 0.3 is 11.9 Å². The molecular weight excluding hydrogens is 672 g/mol. The van der Waals surface area contributed by atoms with Gasteiger partial charge < -0.3 is 18.7 Å². The number of nitro benzene ring substituents is 1. The van der Waals surface area contributed by atoms with Crippen molar-refractivity contribution in [2.75, 3.05) is 0 Å². The molecule has 1 saturated heterocycles. The highest BCUT2D eigenvalue weighted by Gasteiger charge is 2.89. The fourth-order valence-electron chi connectivity index (χ4n) is 10.7. The largest absolute Gasteiger partial charge is 0.472 e. The van der Waals surface area contributed by atoms with Gasteiger partial charge in [0.25, 0.3) is 5.69 Å². The Labute approximate surface area is 280 Å². The number of oxime groups is 1. The number of allylic oxidation sites excluding steroid dienone is 2. The number of carbonyl (C=O) groups excluding carboxylic acids is 3. The molecule has 1 aromatic carbocycles. The van der Waals surface area contributed by atoms with Crippen LogP contribution in [0.25, 0.3) is 0 Å². The Hall–Kier alpha value is -3.64. The van der Waals surface area contributed by atoms with Crippen molar-refractivity contribution in [3.8, 4) is 0 Å². The molecule has 0 amide bonds. The van der Waals surface area contributed by atoms with E-state index in [1.807, 2.05) is 19.9 Å². The number of rotatable bonds is 5. The van der Waals surface area contributed by atoms with Gasteiger partial charge in [-0.1, -0.05) is 61.8 Å². The summed E-state index contributed by atoms with van der Waals surface area (Å²) < 4.78 is 19.1. The Morgan fingerprint density at radius 1 is 1.13 bits per heavy atom. The first-order valence-electron chi connectivity index (χ1n) is 15.9. The maximum absolute atomic E-state index is 13.3. The number of esters is 1. The Kier molecular flexibility index (Phi) is 6.92. The molecule has 248 valence electrons. The summed E-state index contributed by atoms with van der Waals surface area (Å²) in [6.45, 7) is 11.9. The highest BCUT2D eigenvalue weighted by molar-refractivity contribution is 9.10. The molecule has 0 bridgehead atoms. The summed E-state index contributed by atoms with van der Waals surface area (Å²) in [6, 6.07) is 5.90. The molecule has 5 aliphatic rings. The van der Waals surface area contributed by atoms with Crippen molar-refractivity contribution in [2.24, 2.45) is 38.7 Å². The van der Waals surface area contributed by atoms with E-state index in [4.69, 9.17) is 18.7 Å². The molecule has 47 heavy (non-hydrogen) atoms. The number of furan rings is 1. The van der Waals surface area contributed by atoms with Crippen molar-refractivity contribution in [2.45, 2.75) is 84.5 Å². The van der Waals surface area contributed by atoms with Crippen molar-refractivity contribution in [3.05, 3.63) is 74.7 Å². The van der Waals surface area contributed by atoms with Gasteiger partial charge in [0.1, 0.15) is 23.4 Å². The topological polar surface area (TPSA) is 151 Å². The number of nitro groups is 1. The lowest BCUT2D eigenvalue weighted by atomic mass is 9.36. The summed E-state index contributed by atoms with van der Waals surface area (Å²) in [5, 5.41) is 16.1. The lowest BCUT2D eigenvalue weighted by Gasteiger charge is -2.67.